The van der Waals surface area contributed by atoms with Crippen LogP contribution in [0.3, 0.4) is 0 Å². The van der Waals surface area contributed by atoms with Crippen LogP contribution in [0.2, 0.25) is 5.02 Å². The maximum absolute atomic E-state index is 6.27. The maximum Gasteiger partial charge on any atom is 0.153 e. The van der Waals surface area contributed by atoms with Crippen LogP contribution in [-0.4, -0.2) is 0 Å². The molecule has 0 saturated carbocycles. The van der Waals surface area contributed by atoms with Gasteiger partial charge in [0, 0.05) is 22.2 Å². The molecule has 0 spiro atoms. The smallest absolute Gasteiger partial charge is 0.153 e. The normalized spacial score (nSPS) is 17.6. The number of aryl methyl sites for hydroxylation is 1. The van der Waals surface area contributed by atoms with Gasteiger partial charge in [-0.15, -0.1) is 0 Å². The highest BCUT2D eigenvalue weighted by Crippen LogP contribution is 2.46. The third-order valence-corrected chi connectivity index (χ3v) is 5.18. The highest BCUT2D eigenvalue weighted by molar-refractivity contribution is 9.09. The summed E-state index contributed by atoms with van der Waals surface area (Å²) in [5.74, 6) is 1.04. The summed E-state index contributed by atoms with van der Waals surface area (Å²) in [4.78, 5) is 0.371. The number of fused-ring (bicyclic) bond motifs is 5. The lowest BCUT2D eigenvalue weighted by atomic mass is 9.97. The molecule has 0 amide bonds. The second kappa shape index (κ2) is 4.64. The van der Waals surface area contributed by atoms with Crippen LogP contribution in [0.15, 0.2) is 46.9 Å². The summed E-state index contributed by atoms with van der Waals surface area (Å²) in [5.41, 5.74) is 4.60. The Bertz CT molecular complexity index is 806. The van der Waals surface area contributed by atoms with E-state index in [-0.39, 0.29) is 0 Å². The van der Waals surface area contributed by atoms with Gasteiger partial charge < -0.3 is 4.42 Å². The molecule has 0 N–H and O–H groups in total. The van der Waals surface area contributed by atoms with Crippen LogP contribution < -0.4 is 0 Å². The van der Waals surface area contributed by atoms with Crippen molar-refractivity contribution in [1.82, 2.24) is 0 Å². The van der Waals surface area contributed by atoms with Gasteiger partial charge in [-0.3, -0.25) is 0 Å². The van der Waals surface area contributed by atoms with Crippen molar-refractivity contribution in [2.75, 3.05) is 0 Å². The van der Waals surface area contributed by atoms with Gasteiger partial charge in [0.25, 0.3) is 0 Å². The second-order valence-electron chi connectivity index (χ2n) is 5.11. The summed E-state index contributed by atoms with van der Waals surface area (Å²) in [5, 5.41) is 1.80. The summed E-state index contributed by atoms with van der Waals surface area (Å²) < 4.78 is 6.05. The Morgan fingerprint density at radius 3 is 2.85 bits per heavy atom. The molecule has 1 aliphatic carbocycles. The Balaban J connectivity index is 2.12. The van der Waals surface area contributed by atoms with E-state index in [2.05, 4.69) is 46.3 Å². The van der Waals surface area contributed by atoms with E-state index in [9.17, 15) is 0 Å². The van der Waals surface area contributed by atoms with Crippen molar-refractivity contribution in [1.29, 1.82) is 0 Å². The summed E-state index contributed by atoms with van der Waals surface area (Å²) in [7, 11) is 0. The zero-order valence-corrected chi connectivity index (χ0v) is 13.0. The standard InChI is InChI=1S/C17H12BrClO/c18-13-8-9-15-16(11-5-2-1-4-10(11)13)12-6-3-7-14(19)17(12)20-15/h1-7,13H,8-9H2. The van der Waals surface area contributed by atoms with Crippen LogP contribution in [0.5, 0.6) is 0 Å². The fourth-order valence-corrected chi connectivity index (χ4v) is 3.86. The molecule has 1 aromatic heterocycles. The van der Waals surface area contributed by atoms with Gasteiger partial charge in [-0.25, -0.2) is 0 Å². The van der Waals surface area contributed by atoms with Crippen LogP contribution in [0.1, 0.15) is 22.6 Å². The van der Waals surface area contributed by atoms with Crippen molar-refractivity contribution >= 4 is 38.5 Å². The third kappa shape index (κ3) is 1.75. The minimum Gasteiger partial charge on any atom is -0.459 e. The van der Waals surface area contributed by atoms with Gasteiger partial charge >= 0.3 is 0 Å². The lowest BCUT2D eigenvalue weighted by molar-refractivity contribution is 0.542. The molecule has 0 fully saturated rings. The fourth-order valence-electron chi connectivity index (χ4n) is 3.02. The molecule has 0 bridgehead atoms. The molecule has 0 radical (unpaired) electrons. The van der Waals surface area contributed by atoms with Crippen LogP contribution in [-0.2, 0) is 6.42 Å². The second-order valence-corrected chi connectivity index (χ2v) is 6.62. The Morgan fingerprint density at radius 1 is 1.10 bits per heavy atom. The van der Waals surface area contributed by atoms with E-state index in [0.717, 1.165) is 29.6 Å². The molecule has 0 saturated heterocycles. The van der Waals surface area contributed by atoms with Gasteiger partial charge in [-0.1, -0.05) is 63.9 Å². The molecule has 20 heavy (non-hydrogen) atoms. The van der Waals surface area contributed by atoms with E-state index in [4.69, 9.17) is 16.0 Å². The number of alkyl halides is 1. The van der Waals surface area contributed by atoms with Crippen LogP contribution in [0.25, 0.3) is 22.1 Å². The Morgan fingerprint density at radius 2 is 1.95 bits per heavy atom. The summed E-state index contributed by atoms with van der Waals surface area (Å²) >= 11 is 10.1. The summed E-state index contributed by atoms with van der Waals surface area (Å²) in [6.07, 6.45) is 1.95. The minimum atomic E-state index is 0.371. The van der Waals surface area contributed by atoms with Crippen molar-refractivity contribution in [3.8, 4) is 11.1 Å². The topological polar surface area (TPSA) is 13.1 Å². The number of furan rings is 1. The first-order chi connectivity index (χ1) is 9.75. The molecule has 1 heterocycles. The minimum absolute atomic E-state index is 0.371. The predicted molar refractivity (Wildman–Crippen MR) is 86.6 cm³/mol. The highest BCUT2D eigenvalue weighted by Gasteiger charge is 2.25. The van der Waals surface area contributed by atoms with E-state index < -0.39 is 0 Å². The number of para-hydroxylation sites is 1. The molecule has 3 heteroatoms. The molecule has 3 aromatic rings. The van der Waals surface area contributed by atoms with Crippen molar-refractivity contribution < 1.29 is 4.42 Å². The van der Waals surface area contributed by atoms with Crippen LogP contribution >= 0.6 is 27.5 Å². The van der Waals surface area contributed by atoms with Gasteiger partial charge in [0.2, 0.25) is 0 Å². The first-order valence-electron chi connectivity index (χ1n) is 6.69. The molecule has 1 nitrogen and oxygen atoms in total. The van der Waals surface area contributed by atoms with E-state index in [0.29, 0.717) is 9.85 Å². The molecule has 1 atom stereocenters. The van der Waals surface area contributed by atoms with Crippen molar-refractivity contribution in [3.63, 3.8) is 0 Å². The third-order valence-electron chi connectivity index (χ3n) is 3.93. The maximum atomic E-state index is 6.27. The lowest BCUT2D eigenvalue weighted by Crippen LogP contribution is -1.90. The quantitative estimate of drug-likeness (QED) is 0.445. The van der Waals surface area contributed by atoms with E-state index in [1.165, 1.54) is 16.7 Å². The monoisotopic (exact) mass is 346 g/mol. The first-order valence-corrected chi connectivity index (χ1v) is 7.98. The average molecular weight is 348 g/mol. The van der Waals surface area contributed by atoms with E-state index >= 15 is 0 Å². The first kappa shape index (κ1) is 12.5. The summed E-state index contributed by atoms with van der Waals surface area (Å²) in [6.45, 7) is 0. The number of hydrogen-bond acceptors (Lipinski definition) is 1. The predicted octanol–water partition coefficient (Wildman–Crippen LogP) is 6.14. The van der Waals surface area contributed by atoms with Crippen molar-refractivity contribution in [2.45, 2.75) is 17.7 Å². The van der Waals surface area contributed by atoms with Gasteiger partial charge in [0.05, 0.1) is 5.02 Å². The SMILES string of the molecule is Clc1cccc2c3c(oc12)CCC(Br)c1ccccc1-3. The molecule has 2 aromatic carbocycles. The molecule has 4 rings (SSSR count). The number of rotatable bonds is 0. The molecular weight excluding hydrogens is 336 g/mol. The summed E-state index contributed by atoms with van der Waals surface area (Å²) in [6, 6.07) is 14.5. The molecular formula is C17H12BrClO. The molecule has 0 aliphatic heterocycles. The fraction of sp³-hybridized carbons (Fsp3) is 0.176. The zero-order chi connectivity index (χ0) is 13.7. The number of benzene rings is 2. The lowest BCUT2D eigenvalue weighted by Gasteiger charge is -2.10. The molecule has 1 unspecified atom stereocenters. The van der Waals surface area contributed by atoms with Crippen molar-refractivity contribution in [2.24, 2.45) is 0 Å². The average Bonchev–Trinajstić information content (AvgIpc) is 2.78. The van der Waals surface area contributed by atoms with E-state index in [1.807, 2.05) is 12.1 Å². The van der Waals surface area contributed by atoms with Crippen LogP contribution in [0, 0.1) is 0 Å². The number of hydrogen-bond donors (Lipinski definition) is 0. The van der Waals surface area contributed by atoms with Gasteiger partial charge in [0.15, 0.2) is 5.58 Å². The molecule has 1 aliphatic rings. The molecule has 100 valence electrons. The Kier molecular flexibility index (Phi) is 2.90. The van der Waals surface area contributed by atoms with Crippen molar-refractivity contribution in [3.05, 3.63) is 58.8 Å². The number of halogens is 2. The zero-order valence-electron chi connectivity index (χ0n) is 10.7. The van der Waals surface area contributed by atoms with Gasteiger partial charge in [-0.2, -0.15) is 0 Å². The Labute approximate surface area is 130 Å². The van der Waals surface area contributed by atoms with Gasteiger partial charge in [0.1, 0.15) is 5.76 Å². The largest absolute Gasteiger partial charge is 0.459 e. The van der Waals surface area contributed by atoms with E-state index in [1.54, 1.807) is 0 Å². The Hall–Kier alpha value is -1.25. The van der Waals surface area contributed by atoms with Crippen LogP contribution in [0.4, 0.5) is 0 Å². The highest BCUT2D eigenvalue weighted by atomic mass is 79.9. The van der Waals surface area contributed by atoms with Gasteiger partial charge in [-0.05, 0) is 23.6 Å².